The lowest BCUT2D eigenvalue weighted by atomic mass is 10.1. The lowest BCUT2D eigenvalue weighted by Crippen LogP contribution is -2.22. The molecule has 0 atom stereocenters. The fourth-order valence-electron chi connectivity index (χ4n) is 1.32. The van der Waals surface area contributed by atoms with E-state index in [1.54, 1.807) is 18.2 Å². The third-order valence-corrected chi connectivity index (χ3v) is 2.40. The van der Waals surface area contributed by atoms with E-state index in [0.29, 0.717) is 24.3 Å². The average molecular weight is 298 g/mol. The summed E-state index contributed by atoms with van der Waals surface area (Å²) in [6.07, 6.45) is 0. The highest BCUT2D eigenvalue weighted by Crippen LogP contribution is 2.20. The summed E-state index contributed by atoms with van der Waals surface area (Å²) in [5, 5.41) is 5.83. The van der Waals surface area contributed by atoms with E-state index in [1.807, 2.05) is 6.92 Å². The van der Waals surface area contributed by atoms with Gasteiger partial charge in [0.15, 0.2) is 0 Å². The number of anilines is 2. The molecule has 0 spiro atoms. The number of carbonyl (C=O) groups is 1. The molecule has 92 valence electrons. The molecular weight excluding hydrogens is 282 g/mol. The number of benzene rings is 1. The molecule has 0 aliphatic heterocycles. The van der Waals surface area contributed by atoms with Crippen molar-refractivity contribution in [2.75, 3.05) is 24.1 Å². The van der Waals surface area contributed by atoms with E-state index in [4.69, 9.17) is 5.73 Å². The first kappa shape index (κ1) is 13.6. The molecule has 0 aromatic heterocycles. The van der Waals surface area contributed by atoms with E-state index < -0.39 is 0 Å². The van der Waals surface area contributed by atoms with Crippen LogP contribution in [0.3, 0.4) is 0 Å². The molecule has 4 N–H and O–H groups in total. The Balaban J connectivity index is 2.78. The van der Waals surface area contributed by atoms with Gasteiger partial charge in [0.2, 0.25) is 0 Å². The van der Waals surface area contributed by atoms with Crippen LogP contribution in [-0.4, -0.2) is 19.0 Å². The van der Waals surface area contributed by atoms with E-state index in [9.17, 15) is 4.79 Å². The highest BCUT2D eigenvalue weighted by molar-refractivity contribution is 9.11. The fraction of sp³-hybridized carbons (Fsp3) is 0.250. The highest BCUT2D eigenvalue weighted by atomic mass is 79.9. The number of carbonyl (C=O) groups excluding carboxylic acids is 1. The SMILES string of the molecule is C=C(Br)CNc1ccc(C(=O)NCC)cc1N. The highest BCUT2D eigenvalue weighted by Gasteiger charge is 2.06. The molecule has 4 nitrogen and oxygen atoms in total. The van der Waals surface area contributed by atoms with Crippen molar-refractivity contribution in [1.82, 2.24) is 5.32 Å². The summed E-state index contributed by atoms with van der Waals surface area (Å²) in [5.41, 5.74) is 7.75. The number of amides is 1. The molecule has 5 heteroatoms. The Morgan fingerprint density at radius 1 is 1.53 bits per heavy atom. The first-order valence-electron chi connectivity index (χ1n) is 5.29. The zero-order valence-corrected chi connectivity index (χ0v) is 11.3. The van der Waals surface area contributed by atoms with E-state index in [0.717, 1.165) is 10.2 Å². The van der Waals surface area contributed by atoms with Gasteiger partial charge in [-0.25, -0.2) is 0 Å². The number of hydrogen-bond acceptors (Lipinski definition) is 3. The summed E-state index contributed by atoms with van der Waals surface area (Å²) < 4.78 is 0.838. The summed E-state index contributed by atoms with van der Waals surface area (Å²) in [7, 11) is 0. The quantitative estimate of drug-likeness (QED) is 0.731. The maximum Gasteiger partial charge on any atom is 0.251 e. The van der Waals surface area contributed by atoms with Crippen molar-refractivity contribution in [2.24, 2.45) is 0 Å². The zero-order chi connectivity index (χ0) is 12.8. The van der Waals surface area contributed by atoms with Crippen LogP contribution >= 0.6 is 15.9 Å². The Hall–Kier alpha value is -1.49. The smallest absolute Gasteiger partial charge is 0.251 e. The Morgan fingerprint density at radius 2 is 2.24 bits per heavy atom. The average Bonchev–Trinajstić information content (AvgIpc) is 2.27. The zero-order valence-electron chi connectivity index (χ0n) is 9.72. The van der Waals surface area contributed by atoms with Crippen molar-refractivity contribution in [1.29, 1.82) is 0 Å². The van der Waals surface area contributed by atoms with Crippen LogP contribution in [0.25, 0.3) is 0 Å². The molecule has 17 heavy (non-hydrogen) atoms. The number of nitrogens with two attached hydrogens (primary N) is 1. The van der Waals surface area contributed by atoms with Gasteiger partial charge in [-0.1, -0.05) is 22.5 Å². The molecule has 0 radical (unpaired) electrons. The summed E-state index contributed by atoms with van der Waals surface area (Å²) in [4.78, 5) is 11.6. The monoisotopic (exact) mass is 297 g/mol. The molecule has 0 saturated heterocycles. The van der Waals surface area contributed by atoms with Crippen LogP contribution < -0.4 is 16.4 Å². The molecule has 0 aliphatic rings. The third kappa shape index (κ3) is 4.11. The van der Waals surface area contributed by atoms with Crippen molar-refractivity contribution in [3.05, 3.63) is 34.8 Å². The van der Waals surface area contributed by atoms with Gasteiger partial charge in [0.05, 0.1) is 11.4 Å². The van der Waals surface area contributed by atoms with Gasteiger partial charge in [-0.3, -0.25) is 4.79 Å². The summed E-state index contributed by atoms with van der Waals surface area (Å²) >= 11 is 3.25. The summed E-state index contributed by atoms with van der Waals surface area (Å²) in [6.45, 7) is 6.78. The van der Waals surface area contributed by atoms with Crippen molar-refractivity contribution in [3.63, 3.8) is 0 Å². The summed E-state index contributed by atoms with van der Waals surface area (Å²) in [6, 6.07) is 5.18. The Kier molecular flexibility index (Phi) is 5.03. The second-order valence-corrected chi connectivity index (χ2v) is 4.65. The standard InChI is InChI=1S/C12H16BrN3O/c1-3-15-12(17)9-4-5-11(10(14)6-9)16-7-8(2)13/h4-6,16H,2-3,7,14H2,1H3,(H,15,17). The Bertz CT molecular complexity index is 432. The van der Waals surface area contributed by atoms with Crippen LogP contribution in [0.2, 0.25) is 0 Å². The minimum Gasteiger partial charge on any atom is -0.397 e. The molecule has 1 aromatic rings. The van der Waals surface area contributed by atoms with Gasteiger partial charge in [0, 0.05) is 23.1 Å². The minimum atomic E-state index is -0.115. The second-order valence-electron chi connectivity index (χ2n) is 3.53. The minimum absolute atomic E-state index is 0.115. The first-order valence-corrected chi connectivity index (χ1v) is 6.08. The van der Waals surface area contributed by atoms with E-state index >= 15 is 0 Å². The molecule has 0 saturated carbocycles. The third-order valence-electron chi connectivity index (χ3n) is 2.12. The molecule has 0 unspecified atom stereocenters. The van der Waals surface area contributed by atoms with Gasteiger partial charge >= 0.3 is 0 Å². The van der Waals surface area contributed by atoms with Crippen LogP contribution in [-0.2, 0) is 0 Å². The van der Waals surface area contributed by atoms with E-state index in [-0.39, 0.29) is 5.91 Å². The van der Waals surface area contributed by atoms with Crippen LogP contribution in [0.15, 0.2) is 29.3 Å². The predicted molar refractivity (Wildman–Crippen MR) is 75.4 cm³/mol. The van der Waals surface area contributed by atoms with Crippen LogP contribution in [0, 0.1) is 0 Å². The van der Waals surface area contributed by atoms with Gasteiger partial charge in [0.1, 0.15) is 0 Å². The molecule has 0 fully saturated rings. The number of halogens is 1. The number of rotatable bonds is 5. The molecule has 0 heterocycles. The number of nitrogens with one attached hydrogen (secondary N) is 2. The first-order chi connectivity index (χ1) is 8.04. The largest absolute Gasteiger partial charge is 0.397 e. The molecule has 0 bridgehead atoms. The van der Waals surface area contributed by atoms with Crippen molar-refractivity contribution < 1.29 is 4.79 Å². The van der Waals surface area contributed by atoms with E-state index in [1.165, 1.54) is 0 Å². The topological polar surface area (TPSA) is 67.2 Å². The van der Waals surface area contributed by atoms with Crippen LogP contribution in [0.4, 0.5) is 11.4 Å². The number of nitrogen functional groups attached to an aromatic ring is 1. The fourth-order valence-corrected chi connectivity index (χ4v) is 1.46. The molecule has 1 rings (SSSR count). The van der Waals surface area contributed by atoms with Gasteiger partial charge in [-0.05, 0) is 25.1 Å². The molecule has 1 amide bonds. The van der Waals surface area contributed by atoms with Crippen molar-refractivity contribution in [2.45, 2.75) is 6.92 Å². The Labute approximate surface area is 109 Å². The van der Waals surface area contributed by atoms with Gasteiger partial charge in [-0.2, -0.15) is 0 Å². The molecule has 0 aliphatic carbocycles. The van der Waals surface area contributed by atoms with E-state index in [2.05, 4.69) is 33.1 Å². The lowest BCUT2D eigenvalue weighted by Gasteiger charge is -2.10. The van der Waals surface area contributed by atoms with Crippen molar-refractivity contribution >= 4 is 33.2 Å². The molecule has 1 aromatic carbocycles. The van der Waals surface area contributed by atoms with Crippen LogP contribution in [0.5, 0.6) is 0 Å². The maximum atomic E-state index is 11.6. The lowest BCUT2D eigenvalue weighted by molar-refractivity contribution is 0.0956. The Morgan fingerprint density at radius 3 is 2.76 bits per heavy atom. The normalized spacial score (nSPS) is 9.76. The van der Waals surface area contributed by atoms with Crippen molar-refractivity contribution in [3.8, 4) is 0 Å². The van der Waals surface area contributed by atoms with Gasteiger partial charge < -0.3 is 16.4 Å². The molecular formula is C12H16BrN3O. The second kappa shape index (κ2) is 6.30. The number of hydrogen-bond donors (Lipinski definition) is 3. The van der Waals surface area contributed by atoms with Gasteiger partial charge in [0.25, 0.3) is 5.91 Å². The maximum absolute atomic E-state index is 11.6. The van der Waals surface area contributed by atoms with Gasteiger partial charge in [-0.15, -0.1) is 0 Å². The van der Waals surface area contributed by atoms with Crippen LogP contribution in [0.1, 0.15) is 17.3 Å². The summed E-state index contributed by atoms with van der Waals surface area (Å²) in [5.74, 6) is -0.115. The predicted octanol–water partition coefficient (Wildman–Crippen LogP) is 2.34.